The molecule has 0 radical (unpaired) electrons. The quantitative estimate of drug-likeness (QED) is 0.791. The summed E-state index contributed by atoms with van der Waals surface area (Å²) in [4.78, 5) is 29.5. The van der Waals surface area contributed by atoms with Crippen molar-refractivity contribution in [2.24, 2.45) is 0 Å². The van der Waals surface area contributed by atoms with Gasteiger partial charge in [0, 0.05) is 43.2 Å². The number of carbonyl (C=O) groups excluding carboxylic acids is 2. The van der Waals surface area contributed by atoms with E-state index in [0.29, 0.717) is 19.5 Å². The largest absolute Gasteiger partial charge is 0.497 e. The Bertz CT molecular complexity index is 738. The number of nitrogens with zero attached hydrogens (tertiary/aromatic N) is 2. The molecule has 2 aromatic rings. The fourth-order valence-corrected chi connectivity index (χ4v) is 3.78. The van der Waals surface area contributed by atoms with Crippen LogP contribution < -0.4 is 15.0 Å². The maximum Gasteiger partial charge on any atom is 0.242 e. The zero-order valence-electron chi connectivity index (χ0n) is 15.5. The summed E-state index contributed by atoms with van der Waals surface area (Å²) < 4.78 is 5.18. The third-order valence-corrected chi connectivity index (χ3v) is 5.62. The van der Waals surface area contributed by atoms with Crippen molar-refractivity contribution in [1.82, 2.24) is 10.2 Å². The average Bonchev–Trinajstić information content (AvgIpc) is 3.24. The van der Waals surface area contributed by atoms with Crippen molar-refractivity contribution in [3.05, 3.63) is 46.7 Å². The number of benzene rings is 1. The highest BCUT2D eigenvalue weighted by molar-refractivity contribution is 7.09. The fraction of sp³-hybridized carbons (Fsp3) is 0.400. The van der Waals surface area contributed by atoms with Crippen LogP contribution in [0.4, 0.5) is 5.69 Å². The molecule has 2 heterocycles. The van der Waals surface area contributed by atoms with Crippen molar-refractivity contribution in [2.45, 2.75) is 12.8 Å². The number of nitrogens with one attached hydrogen (secondary N) is 1. The summed E-state index contributed by atoms with van der Waals surface area (Å²) in [6, 6.07) is 11.9. The maximum absolute atomic E-state index is 12.3. The van der Waals surface area contributed by atoms with Gasteiger partial charge in [-0.2, -0.15) is 0 Å². The molecule has 3 rings (SSSR count). The summed E-state index contributed by atoms with van der Waals surface area (Å²) in [6.45, 7) is 2.96. The first-order valence-electron chi connectivity index (χ1n) is 9.11. The molecule has 1 aromatic carbocycles. The van der Waals surface area contributed by atoms with Crippen LogP contribution in [0.2, 0.25) is 0 Å². The van der Waals surface area contributed by atoms with E-state index >= 15 is 0 Å². The molecule has 0 bridgehead atoms. The van der Waals surface area contributed by atoms with Gasteiger partial charge in [-0.15, -0.1) is 11.3 Å². The number of hydrogen-bond donors (Lipinski definition) is 1. The predicted molar refractivity (Wildman–Crippen MR) is 107 cm³/mol. The first-order valence-corrected chi connectivity index (χ1v) is 9.99. The van der Waals surface area contributed by atoms with Crippen LogP contribution in [-0.2, 0) is 16.0 Å². The Morgan fingerprint density at radius 3 is 2.48 bits per heavy atom. The molecular formula is C20H25N3O3S. The lowest BCUT2D eigenvalue weighted by atomic mass is 10.2. The zero-order chi connectivity index (χ0) is 19.1. The highest BCUT2D eigenvalue weighted by Crippen LogP contribution is 2.20. The molecule has 7 heteroatoms. The van der Waals surface area contributed by atoms with Gasteiger partial charge in [-0.05, 0) is 42.1 Å². The zero-order valence-corrected chi connectivity index (χ0v) is 16.3. The van der Waals surface area contributed by atoms with E-state index < -0.39 is 0 Å². The smallest absolute Gasteiger partial charge is 0.242 e. The van der Waals surface area contributed by atoms with E-state index in [4.69, 9.17) is 4.74 Å². The minimum atomic E-state index is -0.0754. The van der Waals surface area contributed by atoms with Gasteiger partial charge in [0.2, 0.25) is 11.8 Å². The van der Waals surface area contributed by atoms with Crippen LogP contribution in [0.15, 0.2) is 41.8 Å². The van der Waals surface area contributed by atoms with Gasteiger partial charge in [0.05, 0.1) is 13.7 Å². The molecule has 1 fully saturated rings. The van der Waals surface area contributed by atoms with Crippen molar-refractivity contribution in [1.29, 1.82) is 0 Å². The lowest BCUT2D eigenvalue weighted by Gasteiger charge is -2.36. The van der Waals surface area contributed by atoms with Gasteiger partial charge < -0.3 is 19.9 Å². The van der Waals surface area contributed by atoms with E-state index in [9.17, 15) is 9.59 Å². The van der Waals surface area contributed by atoms with Crippen LogP contribution in [0.5, 0.6) is 5.75 Å². The van der Waals surface area contributed by atoms with E-state index in [1.165, 1.54) is 4.88 Å². The van der Waals surface area contributed by atoms with E-state index in [1.807, 2.05) is 46.7 Å². The summed E-state index contributed by atoms with van der Waals surface area (Å²) in [5, 5.41) is 4.75. The lowest BCUT2D eigenvalue weighted by Crippen LogP contribution is -2.51. The van der Waals surface area contributed by atoms with Crippen LogP contribution in [0.3, 0.4) is 0 Å². The SMILES string of the molecule is COc1ccc(N2CCN(C(=O)CNC(=O)CCc3cccs3)CC2)cc1. The molecule has 1 aromatic heterocycles. The number of aryl methyl sites for hydroxylation is 1. The summed E-state index contributed by atoms with van der Waals surface area (Å²) in [7, 11) is 1.65. The topological polar surface area (TPSA) is 61.9 Å². The minimum absolute atomic E-state index is 0.0196. The number of thiophene rings is 1. The summed E-state index contributed by atoms with van der Waals surface area (Å²) >= 11 is 1.65. The highest BCUT2D eigenvalue weighted by Gasteiger charge is 2.21. The molecule has 1 N–H and O–H groups in total. The van der Waals surface area contributed by atoms with E-state index in [-0.39, 0.29) is 18.4 Å². The Labute approximate surface area is 163 Å². The normalized spacial score (nSPS) is 14.1. The number of anilines is 1. The molecule has 2 amide bonds. The summed E-state index contributed by atoms with van der Waals surface area (Å²) in [6.07, 6.45) is 1.14. The third-order valence-electron chi connectivity index (χ3n) is 4.69. The van der Waals surface area contributed by atoms with Crippen molar-refractivity contribution >= 4 is 28.8 Å². The van der Waals surface area contributed by atoms with Gasteiger partial charge in [-0.25, -0.2) is 0 Å². The van der Waals surface area contributed by atoms with Crippen LogP contribution in [-0.4, -0.2) is 56.5 Å². The van der Waals surface area contributed by atoms with Crippen LogP contribution in [0, 0.1) is 0 Å². The van der Waals surface area contributed by atoms with E-state index in [1.54, 1.807) is 18.4 Å². The number of hydrogen-bond acceptors (Lipinski definition) is 5. The predicted octanol–water partition coefficient (Wildman–Crippen LogP) is 2.15. The maximum atomic E-state index is 12.3. The number of amides is 2. The van der Waals surface area contributed by atoms with Gasteiger partial charge >= 0.3 is 0 Å². The molecule has 1 aliphatic heterocycles. The second-order valence-electron chi connectivity index (χ2n) is 6.42. The highest BCUT2D eigenvalue weighted by atomic mass is 32.1. The summed E-state index contributed by atoms with van der Waals surface area (Å²) in [5.74, 6) is 0.741. The van der Waals surface area contributed by atoms with Crippen molar-refractivity contribution < 1.29 is 14.3 Å². The second kappa shape index (κ2) is 9.41. The van der Waals surface area contributed by atoms with Gasteiger partial charge in [0.25, 0.3) is 0 Å². The number of carbonyl (C=O) groups is 2. The van der Waals surface area contributed by atoms with E-state index in [2.05, 4.69) is 10.2 Å². The molecule has 0 aliphatic carbocycles. The Morgan fingerprint density at radius 2 is 1.85 bits per heavy atom. The lowest BCUT2D eigenvalue weighted by molar-refractivity contribution is -0.133. The molecule has 144 valence electrons. The Kier molecular flexibility index (Phi) is 6.70. The fourth-order valence-electron chi connectivity index (χ4n) is 3.07. The molecule has 0 atom stereocenters. The average molecular weight is 388 g/mol. The van der Waals surface area contributed by atoms with Gasteiger partial charge in [0.1, 0.15) is 5.75 Å². The molecule has 27 heavy (non-hydrogen) atoms. The van der Waals surface area contributed by atoms with Crippen LogP contribution >= 0.6 is 11.3 Å². The minimum Gasteiger partial charge on any atom is -0.497 e. The standard InChI is InChI=1S/C20H25N3O3S/c1-26-17-6-4-16(5-7-17)22-10-12-23(13-11-22)20(25)15-21-19(24)9-8-18-3-2-14-27-18/h2-7,14H,8-13,15H2,1H3,(H,21,24). The van der Waals surface area contributed by atoms with E-state index in [0.717, 1.165) is 30.9 Å². The van der Waals surface area contributed by atoms with Crippen molar-refractivity contribution in [3.63, 3.8) is 0 Å². The number of methoxy groups -OCH3 is 1. The molecular weight excluding hydrogens is 362 g/mol. The monoisotopic (exact) mass is 387 g/mol. The molecule has 1 saturated heterocycles. The first kappa shape index (κ1) is 19.2. The third kappa shape index (κ3) is 5.47. The van der Waals surface area contributed by atoms with Gasteiger partial charge in [-0.3, -0.25) is 9.59 Å². The first-order chi connectivity index (χ1) is 13.2. The van der Waals surface area contributed by atoms with Crippen molar-refractivity contribution in [2.75, 3.05) is 44.7 Å². The molecule has 0 spiro atoms. The summed E-state index contributed by atoms with van der Waals surface area (Å²) in [5.41, 5.74) is 1.13. The van der Waals surface area contributed by atoms with Gasteiger partial charge in [0.15, 0.2) is 0 Å². The molecule has 6 nitrogen and oxygen atoms in total. The number of rotatable bonds is 7. The second-order valence-corrected chi connectivity index (χ2v) is 7.45. The number of piperazine rings is 1. The van der Waals surface area contributed by atoms with Crippen LogP contribution in [0.25, 0.3) is 0 Å². The Hall–Kier alpha value is -2.54. The van der Waals surface area contributed by atoms with Gasteiger partial charge in [-0.1, -0.05) is 6.07 Å². The molecule has 0 unspecified atom stereocenters. The molecule has 1 aliphatic rings. The van der Waals surface area contributed by atoms with Crippen LogP contribution in [0.1, 0.15) is 11.3 Å². The number of ether oxygens (including phenoxy) is 1. The Morgan fingerprint density at radius 1 is 1.11 bits per heavy atom. The van der Waals surface area contributed by atoms with Crippen molar-refractivity contribution in [3.8, 4) is 5.75 Å². The Balaban J connectivity index is 1.38. The molecule has 0 saturated carbocycles.